The van der Waals surface area contributed by atoms with Crippen LogP contribution in [0.25, 0.3) is 0 Å². The van der Waals surface area contributed by atoms with E-state index in [0.717, 1.165) is 12.2 Å². The zero-order valence-corrected chi connectivity index (χ0v) is 12.4. The van der Waals surface area contributed by atoms with Gasteiger partial charge in [0.05, 0.1) is 0 Å². The third-order valence-electron chi connectivity index (χ3n) is 2.83. The number of anilines is 2. The summed E-state index contributed by atoms with van der Waals surface area (Å²) in [5.41, 5.74) is 1.98. The normalized spacial score (nSPS) is 10.4. The minimum absolute atomic E-state index is 0.138. The van der Waals surface area contributed by atoms with E-state index in [1.165, 1.54) is 18.5 Å². The molecule has 1 aromatic rings. The molecule has 1 aromatic carbocycles. The second kappa shape index (κ2) is 7.67. The highest BCUT2D eigenvalue weighted by Crippen LogP contribution is 2.17. The second-order valence-electron chi connectivity index (χ2n) is 5.08. The van der Waals surface area contributed by atoms with Gasteiger partial charge in [-0.1, -0.05) is 13.3 Å². The van der Waals surface area contributed by atoms with E-state index < -0.39 is 0 Å². The van der Waals surface area contributed by atoms with Crippen molar-refractivity contribution in [3.8, 4) is 0 Å². The van der Waals surface area contributed by atoms with Gasteiger partial charge in [-0.2, -0.15) is 0 Å². The zero-order valence-electron chi connectivity index (χ0n) is 12.4. The van der Waals surface area contributed by atoms with Gasteiger partial charge in [-0.25, -0.2) is 4.79 Å². The lowest BCUT2D eigenvalue weighted by molar-refractivity contribution is 0.250. The van der Waals surface area contributed by atoms with Crippen LogP contribution in [0.4, 0.5) is 16.2 Å². The van der Waals surface area contributed by atoms with Gasteiger partial charge in [-0.15, -0.1) is 0 Å². The van der Waals surface area contributed by atoms with E-state index in [9.17, 15) is 4.79 Å². The van der Waals surface area contributed by atoms with Crippen molar-refractivity contribution in [3.63, 3.8) is 0 Å². The van der Waals surface area contributed by atoms with Crippen LogP contribution in [0, 0.1) is 0 Å². The first-order valence-electron chi connectivity index (χ1n) is 6.91. The first-order chi connectivity index (χ1) is 9.02. The number of unbranched alkanes of at least 4 members (excludes halogenated alkanes) is 1. The number of carbonyl (C=O) groups is 1. The Morgan fingerprint density at radius 2 is 1.89 bits per heavy atom. The van der Waals surface area contributed by atoms with E-state index in [2.05, 4.69) is 29.5 Å². The fraction of sp³-hybridized carbons (Fsp3) is 0.533. The third-order valence-corrected chi connectivity index (χ3v) is 2.83. The van der Waals surface area contributed by atoms with Crippen molar-refractivity contribution in [1.29, 1.82) is 0 Å². The predicted molar refractivity (Wildman–Crippen MR) is 81.9 cm³/mol. The Morgan fingerprint density at radius 1 is 1.26 bits per heavy atom. The smallest absolute Gasteiger partial charge is 0.319 e. The molecule has 0 radical (unpaired) electrons. The van der Waals surface area contributed by atoms with Gasteiger partial charge in [0.2, 0.25) is 0 Å². The molecule has 1 rings (SSSR count). The Kier molecular flexibility index (Phi) is 6.19. The fourth-order valence-electron chi connectivity index (χ4n) is 1.75. The van der Waals surface area contributed by atoms with Crippen molar-refractivity contribution < 1.29 is 4.79 Å². The molecule has 0 unspecified atom stereocenters. The molecule has 0 heterocycles. The molecule has 19 heavy (non-hydrogen) atoms. The maximum atomic E-state index is 11.6. The Hall–Kier alpha value is -1.71. The van der Waals surface area contributed by atoms with Gasteiger partial charge in [-0.05, 0) is 44.5 Å². The van der Waals surface area contributed by atoms with E-state index in [1.54, 1.807) is 0 Å². The predicted octanol–water partition coefficient (Wildman–Crippen LogP) is 3.45. The number of nitrogens with zero attached hydrogens (tertiary/aromatic N) is 1. The van der Waals surface area contributed by atoms with Crippen molar-refractivity contribution in [3.05, 3.63) is 24.3 Å². The van der Waals surface area contributed by atoms with Crippen LogP contribution in [0.1, 0.15) is 33.6 Å². The molecule has 4 nitrogen and oxygen atoms in total. The fourth-order valence-corrected chi connectivity index (χ4v) is 1.75. The Balaban J connectivity index is 2.53. The zero-order chi connectivity index (χ0) is 14.3. The monoisotopic (exact) mass is 263 g/mol. The summed E-state index contributed by atoms with van der Waals surface area (Å²) < 4.78 is 0. The Morgan fingerprint density at radius 3 is 2.42 bits per heavy atom. The lowest BCUT2D eigenvalue weighted by Crippen LogP contribution is -2.34. The summed E-state index contributed by atoms with van der Waals surface area (Å²) in [6.07, 6.45) is 2.38. The largest absolute Gasteiger partial charge is 0.375 e. The highest BCUT2D eigenvalue weighted by molar-refractivity contribution is 5.89. The molecule has 0 atom stereocenters. The molecule has 0 aromatic heterocycles. The van der Waals surface area contributed by atoms with Crippen LogP contribution in [0.3, 0.4) is 0 Å². The summed E-state index contributed by atoms with van der Waals surface area (Å²) in [7, 11) is 2.09. The molecular formula is C15H25N3O. The van der Waals surface area contributed by atoms with Crippen LogP contribution < -0.4 is 15.5 Å². The number of nitrogens with one attached hydrogen (secondary N) is 2. The Labute approximate surface area is 116 Å². The second-order valence-corrected chi connectivity index (χ2v) is 5.08. The number of rotatable bonds is 6. The molecule has 2 amide bonds. The van der Waals surface area contributed by atoms with Crippen molar-refractivity contribution >= 4 is 17.4 Å². The molecule has 0 spiro atoms. The number of carbonyl (C=O) groups excluding carboxylic acids is 1. The molecular weight excluding hydrogens is 238 g/mol. The van der Waals surface area contributed by atoms with Crippen molar-refractivity contribution in [1.82, 2.24) is 5.32 Å². The lowest BCUT2D eigenvalue weighted by atomic mass is 10.2. The highest BCUT2D eigenvalue weighted by atomic mass is 16.2. The number of amides is 2. The number of hydrogen-bond acceptors (Lipinski definition) is 2. The first-order valence-corrected chi connectivity index (χ1v) is 6.91. The van der Waals surface area contributed by atoms with Crippen LogP contribution in [-0.4, -0.2) is 25.7 Å². The molecule has 0 aliphatic heterocycles. The average Bonchev–Trinajstić information content (AvgIpc) is 2.35. The number of benzene rings is 1. The molecule has 106 valence electrons. The van der Waals surface area contributed by atoms with Crippen molar-refractivity contribution in [2.24, 2.45) is 0 Å². The van der Waals surface area contributed by atoms with Gasteiger partial charge in [0.25, 0.3) is 0 Å². The molecule has 0 aliphatic rings. The third kappa shape index (κ3) is 5.64. The van der Waals surface area contributed by atoms with E-state index in [0.29, 0.717) is 0 Å². The summed E-state index contributed by atoms with van der Waals surface area (Å²) >= 11 is 0. The summed E-state index contributed by atoms with van der Waals surface area (Å²) in [6.45, 7) is 7.11. The topological polar surface area (TPSA) is 44.4 Å². The van der Waals surface area contributed by atoms with Crippen molar-refractivity contribution in [2.75, 3.05) is 23.8 Å². The van der Waals surface area contributed by atoms with Crippen LogP contribution in [-0.2, 0) is 0 Å². The molecule has 0 saturated carbocycles. The highest BCUT2D eigenvalue weighted by Gasteiger charge is 2.04. The summed E-state index contributed by atoms with van der Waals surface area (Å²) in [4.78, 5) is 13.8. The lowest BCUT2D eigenvalue weighted by Gasteiger charge is -2.19. The minimum atomic E-state index is -0.165. The van der Waals surface area contributed by atoms with Crippen LogP contribution in [0.2, 0.25) is 0 Å². The molecule has 0 aliphatic carbocycles. The van der Waals surface area contributed by atoms with Gasteiger partial charge >= 0.3 is 6.03 Å². The number of hydrogen-bond donors (Lipinski definition) is 2. The van der Waals surface area contributed by atoms with E-state index in [1.807, 2.05) is 38.1 Å². The summed E-state index contributed by atoms with van der Waals surface area (Å²) in [5.74, 6) is 0. The molecule has 2 N–H and O–H groups in total. The number of urea groups is 1. The minimum Gasteiger partial charge on any atom is -0.375 e. The molecule has 0 fully saturated rings. The van der Waals surface area contributed by atoms with E-state index in [-0.39, 0.29) is 12.1 Å². The molecule has 4 heteroatoms. The average molecular weight is 263 g/mol. The summed E-state index contributed by atoms with van der Waals surface area (Å²) in [5, 5.41) is 5.61. The Bertz CT molecular complexity index is 387. The first kappa shape index (κ1) is 15.3. The standard InChI is InChI=1S/C15H25N3O/c1-5-6-11-18(4)14-9-7-13(8-10-14)17-15(19)16-12(2)3/h7-10,12H,5-6,11H2,1-4H3,(H2,16,17,19). The van der Waals surface area contributed by atoms with E-state index >= 15 is 0 Å². The van der Waals surface area contributed by atoms with E-state index in [4.69, 9.17) is 0 Å². The van der Waals surface area contributed by atoms with Crippen LogP contribution in [0.5, 0.6) is 0 Å². The maximum Gasteiger partial charge on any atom is 0.319 e. The van der Waals surface area contributed by atoms with Gasteiger partial charge in [0.1, 0.15) is 0 Å². The molecule has 0 bridgehead atoms. The van der Waals surface area contributed by atoms with Gasteiger partial charge in [0.15, 0.2) is 0 Å². The van der Waals surface area contributed by atoms with Gasteiger partial charge in [-0.3, -0.25) is 0 Å². The van der Waals surface area contributed by atoms with Crippen molar-refractivity contribution in [2.45, 2.75) is 39.7 Å². The summed E-state index contributed by atoms with van der Waals surface area (Å²) in [6, 6.07) is 7.89. The SMILES string of the molecule is CCCCN(C)c1ccc(NC(=O)NC(C)C)cc1. The molecule has 0 saturated heterocycles. The quantitative estimate of drug-likeness (QED) is 0.825. The van der Waals surface area contributed by atoms with Crippen LogP contribution in [0.15, 0.2) is 24.3 Å². The van der Waals surface area contributed by atoms with Gasteiger partial charge < -0.3 is 15.5 Å². The van der Waals surface area contributed by atoms with Crippen LogP contribution >= 0.6 is 0 Å². The maximum absolute atomic E-state index is 11.6. The van der Waals surface area contributed by atoms with Gasteiger partial charge in [0, 0.05) is 31.0 Å².